The Balaban J connectivity index is 1.64. The first-order valence-corrected chi connectivity index (χ1v) is 11.0. The van der Waals surface area contributed by atoms with Crippen molar-refractivity contribution in [2.75, 3.05) is 12.9 Å². The third kappa shape index (κ3) is 3.83. The minimum Gasteiger partial charge on any atom is -0.510 e. The zero-order chi connectivity index (χ0) is 21.1. The zero-order valence-electron chi connectivity index (χ0n) is 16.3. The van der Waals surface area contributed by atoms with Gasteiger partial charge in [0.2, 0.25) is 0 Å². The van der Waals surface area contributed by atoms with E-state index in [0.717, 1.165) is 16.2 Å². The summed E-state index contributed by atoms with van der Waals surface area (Å²) < 4.78 is 6.85. The number of aliphatic hydroxyl groups excluding tert-OH is 1. The van der Waals surface area contributed by atoms with Gasteiger partial charge in [0.05, 0.1) is 28.8 Å². The number of esters is 1. The summed E-state index contributed by atoms with van der Waals surface area (Å²) in [5.41, 5.74) is 1.46. The molecule has 0 saturated carbocycles. The normalized spacial score (nSPS) is 12.2. The molecule has 0 aliphatic heterocycles. The maximum atomic E-state index is 12.4. The summed E-state index contributed by atoms with van der Waals surface area (Å²) in [7, 11) is 1.27. The lowest BCUT2D eigenvalue weighted by atomic mass is 10.2. The summed E-state index contributed by atoms with van der Waals surface area (Å²) in [5.74, 6) is 0.350. The molecular formula is C20H19N5O3S2. The average Bonchev–Trinajstić information content (AvgIpc) is 3.50. The van der Waals surface area contributed by atoms with Crippen molar-refractivity contribution in [2.24, 2.45) is 0 Å². The van der Waals surface area contributed by atoms with Crippen LogP contribution in [0.2, 0.25) is 0 Å². The van der Waals surface area contributed by atoms with E-state index >= 15 is 0 Å². The maximum Gasteiger partial charge on any atom is 0.345 e. The first-order valence-electron chi connectivity index (χ1n) is 9.17. The monoisotopic (exact) mass is 441 g/mol. The van der Waals surface area contributed by atoms with Gasteiger partial charge in [-0.2, -0.15) is 0 Å². The summed E-state index contributed by atoms with van der Waals surface area (Å²) in [4.78, 5) is 20.9. The molecule has 1 aromatic carbocycles. The van der Waals surface area contributed by atoms with Crippen LogP contribution in [-0.2, 0) is 16.1 Å². The number of thioether (sulfide) groups is 1. The van der Waals surface area contributed by atoms with Gasteiger partial charge in [-0.05, 0) is 30.5 Å². The molecule has 0 spiro atoms. The second-order valence-electron chi connectivity index (χ2n) is 6.23. The van der Waals surface area contributed by atoms with Crippen LogP contribution in [0.15, 0.2) is 52.7 Å². The van der Waals surface area contributed by atoms with E-state index < -0.39 is 5.97 Å². The number of imidazole rings is 1. The predicted octanol–water partition coefficient (Wildman–Crippen LogP) is 4.14. The molecule has 3 heterocycles. The Morgan fingerprint density at radius 3 is 2.80 bits per heavy atom. The lowest BCUT2D eigenvalue weighted by Crippen LogP contribution is -2.10. The van der Waals surface area contributed by atoms with Gasteiger partial charge >= 0.3 is 5.97 Å². The zero-order valence-corrected chi connectivity index (χ0v) is 18.0. The largest absolute Gasteiger partial charge is 0.510 e. The molecule has 8 nitrogen and oxygen atoms in total. The van der Waals surface area contributed by atoms with Gasteiger partial charge in [0.1, 0.15) is 17.2 Å². The highest BCUT2D eigenvalue weighted by atomic mass is 32.2. The average molecular weight is 442 g/mol. The van der Waals surface area contributed by atoms with Gasteiger partial charge in [-0.15, -0.1) is 21.5 Å². The Labute approximate surface area is 180 Å². The molecular weight excluding hydrogens is 422 g/mol. The standard InChI is InChI=1S/C20H19N5O3S2/c1-3-25-18(15-9-6-10-29-15)23-24-20(25)30-11-14(26)16(19(27)28-2)17-21-12-7-4-5-8-13(12)22-17/h4-10,26H,3,11H2,1-2H3,(H,21,22)/b16-14+. The van der Waals surface area contributed by atoms with Crippen LogP contribution < -0.4 is 0 Å². The smallest absolute Gasteiger partial charge is 0.345 e. The van der Waals surface area contributed by atoms with Gasteiger partial charge in [0.25, 0.3) is 0 Å². The fourth-order valence-corrected chi connectivity index (χ4v) is 4.60. The molecule has 10 heteroatoms. The van der Waals surface area contributed by atoms with Crippen LogP contribution in [0, 0.1) is 0 Å². The van der Waals surface area contributed by atoms with E-state index in [0.29, 0.717) is 17.2 Å². The highest BCUT2D eigenvalue weighted by Gasteiger charge is 2.23. The molecule has 0 saturated heterocycles. The summed E-state index contributed by atoms with van der Waals surface area (Å²) in [6.45, 7) is 2.69. The van der Waals surface area contributed by atoms with Crippen LogP contribution >= 0.6 is 23.1 Å². The number of hydrogen-bond acceptors (Lipinski definition) is 8. The number of aliphatic hydroxyl groups is 1. The topological polar surface area (TPSA) is 106 Å². The summed E-state index contributed by atoms with van der Waals surface area (Å²) in [6.07, 6.45) is 0. The van der Waals surface area contributed by atoms with Gasteiger partial charge in [0, 0.05) is 6.54 Å². The maximum absolute atomic E-state index is 12.4. The van der Waals surface area contributed by atoms with E-state index in [1.54, 1.807) is 11.3 Å². The van der Waals surface area contributed by atoms with Crippen molar-refractivity contribution < 1.29 is 14.6 Å². The van der Waals surface area contributed by atoms with Crippen LogP contribution in [0.5, 0.6) is 0 Å². The number of carbonyl (C=O) groups is 1. The minimum atomic E-state index is -0.664. The Bertz CT molecular complexity index is 1180. The van der Waals surface area contributed by atoms with E-state index in [4.69, 9.17) is 4.74 Å². The molecule has 2 N–H and O–H groups in total. The Morgan fingerprint density at radius 2 is 2.10 bits per heavy atom. The number of methoxy groups -OCH3 is 1. The number of carbonyl (C=O) groups excluding carboxylic acids is 1. The van der Waals surface area contributed by atoms with Crippen molar-refractivity contribution in [3.8, 4) is 10.7 Å². The van der Waals surface area contributed by atoms with Crippen LogP contribution in [0.1, 0.15) is 12.7 Å². The molecule has 4 rings (SSSR count). The molecule has 0 aliphatic rings. The summed E-state index contributed by atoms with van der Waals surface area (Å²) >= 11 is 2.88. The number of para-hydroxylation sites is 2. The van der Waals surface area contributed by atoms with Gasteiger partial charge in [-0.25, -0.2) is 9.78 Å². The molecule has 0 amide bonds. The number of aromatic nitrogens is 5. The van der Waals surface area contributed by atoms with E-state index in [1.807, 2.05) is 53.3 Å². The highest BCUT2D eigenvalue weighted by Crippen LogP contribution is 2.29. The molecule has 30 heavy (non-hydrogen) atoms. The van der Waals surface area contributed by atoms with Crippen LogP contribution in [-0.4, -0.2) is 48.7 Å². The van der Waals surface area contributed by atoms with Crippen molar-refractivity contribution in [1.29, 1.82) is 0 Å². The van der Waals surface area contributed by atoms with Gasteiger partial charge < -0.3 is 19.4 Å². The number of fused-ring (bicyclic) bond motifs is 1. The first-order chi connectivity index (χ1) is 14.6. The Hall–Kier alpha value is -3.11. The number of nitrogens with one attached hydrogen (secondary N) is 1. The van der Waals surface area contributed by atoms with Crippen LogP contribution in [0.3, 0.4) is 0 Å². The van der Waals surface area contributed by atoms with Gasteiger partial charge in [-0.1, -0.05) is 30.0 Å². The lowest BCUT2D eigenvalue weighted by molar-refractivity contribution is -0.133. The number of hydrogen-bond donors (Lipinski definition) is 2. The molecule has 154 valence electrons. The third-order valence-corrected chi connectivity index (χ3v) is 6.26. The molecule has 4 aromatic rings. The first kappa shape index (κ1) is 20.2. The van der Waals surface area contributed by atoms with E-state index in [2.05, 4.69) is 20.2 Å². The van der Waals surface area contributed by atoms with E-state index in [9.17, 15) is 9.90 Å². The second kappa shape index (κ2) is 8.72. The number of thiophene rings is 1. The van der Waals surface area contributed by atoms with Crippen molar-refractivity contribution in [3.05, 3.63) is 53.4 Å². The quantitative estimate of drug-likeness (QED) is 0.192. The van der Waals surface area contributed by atoms with Crippen molar-refractivity contribution in [1.82, 2.24) is 24.7 Å². The Morgan fingerprint density at radius 1 is 1.27 bits per heavy atom. The summed E-state index contributed by atoms with van der Waals surface area (Å²) in [6, 6.07) is 11.3. The van der Waals surface area contributed by atoms with Crippen LogP contribution in [0.25, 0.3) is 27.3 Å². The van der Waals surface area contributed by atoms with E-state index in [1.165, 1.54) is 18.9 Å². The molecule has 0 unspecified atom stereocenters. The van der Waals surface area contributed by atoms with E-state index in [-0.39, 0.29) is 22.9 Å². The van der Waals surface area contributed by atoms with Gasteiger partial charge in [-0.3, -0.25) is 0 Å². The van der Waals surface area contributed by atoms with Crippen molar-refractivity contribution in [2.45, 2.75) is 18.6 Å². The van der Waals surface area contributed by atoms with Crippen LogP contribution in [0.4, 0.5) is 0 Å². The SMILES string of the molecule is CCn1c(SC/C(O)=C(\C(=O)OC)c2nc3ccccc3[nH]2)nnc1-c1cccs1. The third-order valence-electron chi connectivity index (χ3n) is 4.42. The number of ether oxygens (including phenoxy) is 1. The number of aromatic amines is 1. The number of H-pyrrole nitrogens is 1. The van der Waals surface area contributed by atoms with Gasteiger partial charge in [0.15, 0.2) is 11.0 Å². The number of rotatable bonds is 7. The second-order valence-corrected chi connectivity index (χ2v) is 8.12. The Kier molecular flexibility index (Phi) is 5.86. The molecule has 0 radical (unpaired) electrons. The highest BCUT2D eigenvalue weighted by molar-refractivity contribution is 7.99. The lowest BCUT2D eigenvalue weighted by Gasteiger charge is -2.08. The number of nitrogens with zero attached hydrogens (tertiary/aromatic N) is 4. The molecule has 0 bridgehead atoms. The molecule has 0 fully saturated rings. The fraction of sp³-hybridized carbons (Fsp3) is 0.200. The summed E-state index contributed by atoms with van der Waals surface area (Å²) in [5, 5.41) is 21.9. The molecule has 0 atom stereocenters. The van der Waals surface area contributed by atoms with Crippen molar-refractivity contribution >= 4 is 45.7 Å². The molecule has 0 aliphatic carbocycles. The number of benzene rings is 1. The minimum absolute atomic E-state index is 0.00208. The predicted molar refractivity (Wildman–Crippen MR) is 117 cm³/mol. The van der Waals surface area contributed by atoms with Crippen molar-refractivity contribution in [3.63, 3.8) is 0 Å². The fourth-order valence-electron chi connectivity index (χ4n) is 3.00. The molecule has 3 aromatic heterocycles.